The minimum absolute atomic E-state index is 0.183. The van der Waals surface area contributed by atoms with Gasteiger partial charge in [0.15, 0.2) is 0 Å². The predicted molar refractivity (Wildman–Crippen MR) is 79.5 cm³/mol. The molecule has 0 bridgehead atoms. The third-order valence-electron chi connectivity index (χ3n) is 2.90. The number of aliphatic hydroxyl groups is 1. The number of rotatable bonds is 7. The van der Waals surface area contributed by atoms with Gasteiger partial charge in [0.2, 0.25) is 10.0 Å². The van der Waals surface area contributed by atoms with Crippen molar-refractivity contribution in [3.63, 3.8) is 0 Å². The summed E-state index contributed by atoms with van der Waals surface area (Å²) in [4.78, 5) is 0.224. The first kappa shape index (κ1) is 16.6. The number of hydrogen-bond acceptors (Lipinski definition) is 3. The standard InChI is InChI=1S/C13H20BrNO3S/c1-3-4-5-6-15-19(17,18)13-8-11(9-16)7-12(14)10(13)2/h7-8,15-16H,3-6,9H2,1-2H3. The van der Waals surface area contributed by atoms with Crippen LogP contribution in [-0.2, 0) is 16.6 Å². The van der Waals surface area contributed by atoms with Crippen molar-refractivity contribution in [2.75, 3.05) is 6.54 Å². The van der Waals surface area contributed by atoms with Gasteiger partial charge in [-0.25, -0.2) is 13.1 Å². The summed E-state index contributed by atoms with van der Waals surface area (Å²) in [5.74, 6) is 0. The van der Waals surface area contributed by atoms with Gasteiger partial charge in [-0.05, 0) is 36.6 Å². The SMILES string of the molecule is CCCCCNS(=O)(=O)c1cc(CO)cc(Br)c1C. The summed E-state index contributed by atoms with van der Waals surface area (Å²) < 4.78 is 27.7. The fourth-order valence-electron chi connectivity index (χ4n) is 1.74. The topological polar surface area (TPSA) is 66.4 Å². The monoisotopic (exact) mass is 349 g/mol. The summed E-state index contributed by atoms with van der Waals surface area (Å²) in [6, 6.07) is 3.24. The zero-order valence-corrected chi connectivity index (χ0v) is 13.6. The van der Waals surface area contributed by atoms with Crippen molar-refractivity contribution in [3.8, 4) is 0 Å². The van der Waals surface area contributed by atoms with Gasteiger partial charge in [0.05, 0.1) is 11.5 Å². The van der Waals surface area contributed by atoms with Gasteiger partial charge in [-0.15, -0.1) is 0 Å². The van der Waals surface area contributed by atoms with Gasteiger partial charge in [0.1, 0.15) is 0 Å². The number of aliphatic hydroxyl groups excluding tert-OH is 1. The van der Waals surface area contributed by atoms with Crippen molar-refractivity contribution >= 4 is 26.0 Å². The molecule has 1 aromatic rings. The van der Waals surface area contributed by atoms with Gasteiger partial charge in [-0.1, -0.05) is 35.7 Å². The van der Waals surface area contributed by atoms with E-state index >= 15 is 0 Å². The normalized spacial score (nSPS) is 11.8. The van der Waals surface area contributed by atoms with E-state index in [2.05, 4.69) is 27.6 Å². The molecule has 0 unspecified atom stereocenters. The number of halogens is 1. The fraction of sp³-hybridized carbons (Fsp3) is 0.538. The number of hydrogen-bond donors (Lipinski definition) is 2. The molecule has 0 amide bonds. The highest BCUT2D eigenvalue weighted by Gasteiger charge is 2.18. The molecule has 4 nitrogen and oxygen atoms in total. The number of unbranched alkanes of at least 4 members (excludes halogenated alkanes) is 2. The van der Waals surface area contributed by atoms with Crippen molar-refractivity contribution in [1.29, 1.82) is 0 Å². The Balaban J connectivity index is 2.97. The van der Waals surface area contributed by atoms with Crippen LogP contribution in [0, 0.1) is 6.92 Å². The van der Waals surface area contributed by atoms with E-state index in [0.29, 0.717) is 22.1 Å². The van der Waals surface area contributed by atoms with Gasteiger partial charge in [-0.2, -0.15) is 0 Å². The van der Waals surface area contributed by atoms with E-state index in [0.717, 1.165) is 19.3 Å². The van der Waals surface area contributed by atoms with Crippen LogP contribution in [0.5, 0.6) is 0 Å². The summed E-state index contributed by atoms with van der Waals surface area (Å²) in [7, 11) is -3.52. The molecule has 2 N–H and O–H groups in total. The molecule has 0 aliphatic carbocycles. The summed E-state index contributed by atoms with van der Waals surface area (Å²) >= 11 is 3.32. The molecule has 0 aliphatic heterocycles. The molecule has 19 heavy (non-hydrogen) atoms. The van der Waals surface area contributed by atoms with Crippen molar-refractivity contribution < 1.29 is 13.5 Å². The summed E-state index contributed by atoms with van der Waals surface area (Å²) in [6.07, 6.45) is 2.88. The highest BCUT2D eigenvalue weighted by atomic mass is 79.9. The maximum absolute atomic E-state index is 12.2. The lowest BCUT2D eigenvalue weighted by Gasteiger charge is -2.12. The lowest BCUT2D eigenvalue weighted by molar-refractivity contribution is 0.281. The average Bonchev–Trinajstić information content (AvgIpc) is 2.37. The Kier molecular flexibility index (Phi) is 6.46. The lowest BCUT2D eigenvalue weighted by Crippen LogP contribution is -2.25. The van der Waals surface area contributed by atoms with Crippen LogP contribution in [0.25, 0.3) is 0 Å². The largest absolute Gasteiger partial charge is 0.392 e. The molecule has 0 heterocycles. The maximum atomic E-state index is 12.2. The second kappa shape index (κ2) is 7.38. The highest BCUT2D eigenvalue weighted by molar-refractivity contribution is 9.10. The molecular weight excluding hydrogens is 330 g/mol. The summed E-state index contributed by atoms with van der Waals surface area (Å²) in [6.45, 7) is 4.07. The second-order valence-corrected chi connectivity index (χ2v) is 7.05. The molecule has 0 radical (unpaired) electrons. The van der Waals surface area contributed by atoms with Crippen LogP contribution in [0.4, 0.5) is 0 Å². The van der Waals surface area contributed by atoms with Crippen molar-refractivity contribution in [2.45, 2.75) is 44.6 Å². The summed E-state index contributed by atoms with van der Waals surface area (Å²) in [5, 5.41) is 9.15. The van der Waals surface area contributed by atoms with Gasteiger partial charge >= 0.3 is 0 Å². The Bertz CT molecular complexity index is 529. The molecule has 1 rings (SSSR count). The Morgan fingerprint density at radius 2 is 2.00 bits per heavy atom. The number of nitrogens with one attached hydrogen (secondary N) is 1. The van der Waals surface area contributed by atoms with Crippen LogP contribution in [0.2, 0.25) is 0 Å². The van der Waals surface area contributed by atoms with Crippen LogP contribution in [0.1, 0.15) is 37.3 Å². The van der Waals surface area contributed by atoms with Gasteiger partial charge in [0, 0.05) is 11.0 Å². The molecule has 0 saturated heterocycles. The van der Waals surface area contributed by atoms with E-state index in [9.17, 15) is 8.42 Å². The number of sulfonamides is 1. The van der Waals surface area contributed by atoms with Crippen LogP contribution < -0.4 is 4.72 Å². The second-order valence-electron chi connectivity index (χ2n) is 4.46. The van der Waals surface area contributed by atoms with Crippen LogP contribution >= 0.6 is 15.9 Å². The first-order valence-corrected chi connectivity index (χ1v) is 8.59. The van der Waals surface area contributed by atoms with Gasteiger partial charge < -0.3 is 5.11 Å². The molecule has 0 saturated carbocycles. The minimum Gasteiger partial charge on any atom is -0.392 e. The van der Waals surface area contributed by atoms with E-state index in [4.69, 9.17) is 5.11 Å². The van der Waals surface area contributed by atoms with E-state index < -0.39 is 10.0 Å². The molecular formula is C13H20BrNO3S. The molecule has 0 aliphatic rings. The van der Waals surface area contributed by atoms with E-state index in [1.807, 2.05) is 0 Å². The van der Waals surface area contributed by atoms with E-state index in [1.54, 1.807) is 13.0 Å². The smallest absolute Gasteiger partial charge is 0.240 e. The Morgan fingerprint density at radius 1 is 1.32 bits per heavy atom. The van der Waals surface area contributed by atoms with Gasteiger partial charge in [0.25, 0.3) is 0 Å². The molecule has 0 fully saturated rings. The van der Waals surface area contributed by atoms with Crippen molar-refractivity contribution in [1.82, 2.24) is 4.72 Å². The first-order valence-electron chi connectivity index (χ1n) is 6.32. The average molecular weight is 350 g/mol. The Labute approximate surface area is 123 Å². The Morgan fingerprint density at radius 3 is 2.58 bits per heavy atom. The lowest BCUT2D eigenvalue weighted by atomic mass is 10.2. The fourth-order valence-corrected chi connectivity index (χ4v) is 3.76. The van der Waals surface area contributed by atoms with E-state index in [-0.39, 0.29) is 11.5 Å². The third kappa shape index (κ3) is 4.56. The Hall–Kier alpha value is -0.430. The van der Waals surface area contributed by atoms with E-state index in [1.165, 1.54) is 6.07 Å². The molecule has 0 atom stereocenters. The zero-order valence-electron chi connectivity index (χ0n) is 11.2. The van der Waals surface area contributed by atoms with Crippen LogP contribution in [-0.4, -0.2) is 20.1 Å². The van der Waals surface area contributed by atoms with Gasteiger partial charge in [-0.3, -0.25) is 0 Å². The van der Waals surface area contributed by atoms with Crippen molar-refractivity contribution in [3.05, 3.63) is 27.7 Å². The highest BCUT2D eigenvalue weighted by Crippen LogP contribution is 2.25. The first-order chi connectivity index (χ1) is 8.92. The maximum Gasteiger partial charge on any atom is 0.240 e. The predicted octanol–water partition coefficient (Wildman–Crippen LogP) is 2.72. The molecule has 6 heteroatoms. The molecule has 1 aromatic carbocycles. The third-order valence-corrected chi connectivity index (χ3v) is 5.31. The molecule has 0 aromatic heterocycles. The zero-order chi connectivity index (χ0) is 14.5. The minimum atomic E-state index is -3.52. The van der Waals surface area contributed by atoms with Crippen LogP contribution in [0.15, 0.2) is 21.5 Å². The molecule has 0 spiro atoms. The molecule has 108 valence electrons. The van der Waals surface area contributed by atoms with Crippen molar-refractivity contribution in [2.24, 2.45) is 0 Å². The number of benzene rings is 1. The summed E-state index contributed by atoms with van der Waals surface area (Å²) in [5.41, 5.74) is 1.23. The quantitative estimate of drug-likeness (QED) is 0.743. The van der Waals surface area contributed by atoms with Crippen LogP contribution in [0.3, 0.4) is 0 Å².